The molecule has 1 aromatic rings. The van der Waals surface area contributed by atoms with Gasteiger partial charge in [-0.2, -0.15) is 5.10 Å². The van der Waals surface area contributed by atoms with Crippen molar-refractivity contribution >= 4 is 18.2 Å². The molecule has 3 amide bonds. The summed E-state index contributed by atoms with van der Waals surface area (Å²) in [6.45, 7) is 4.71. The van der Waals surface area contributed by atoms with Crippen LogP contribution in [0.1, 0.15) is 45.1 Å². The molecule has 2 aliphatic rings. The van der Waals surface area contributed by atoms with Gasteiger partial charge >= 0.3 is 6.03 Å². The molecule has 1 saturated carbocycles. The lowest BCUT2D eigenvalue weighted by Gasteiger charge is -2.33. The van der Waals surface area contributed by atoms with E-state index < -0.39 is 11.6 Å². The molecule has 0 unspecified atom stereocenters. The van der Waals surface area contributed by atoms with Crippen LogP contribution in [-0.2, 0) is 4.79 Å². The van der Waals surface area contributed by atoms with Crippen LogP contribution >= 0.6 is 0 Å². The fraction of sp³-hybridized carbons (Fsp3) is 0.500. The second kappa shape index (κ2) is 6.63. The first-order chi connectivity index (χ1) is 11.5. The van der Waals surface area contributed by atoms with Gasteiger partial charge in [0.2, 0.25) is 0 Å². The summed E-state index contributed by atoms with van der Waals surface area (Å²) in [7, 11) is 0. The third-order valence-electron chi connectivity index (χ3n) is 4.78. The standard InChI is InChI=1S/C18H23N3O3/c1-3-24-15-6-4-14(5-7-15)12-19-21-16(22)18(20-17(21)23)10-8-13(2)9-11-18/h4-7,12-13H,3,8-11H2,1-2H3,(H,20,23)/b19-12-. The first-order valence-corrected chi connectivity index (χ1v) is 8.47. The molecule has 0 aromatic heterocycles. The summed E-state index contributed by atoms with van der Waals surface area (Å²) in [5, 5.41) is 7.93. The van der Waals surface area contributed by atoms with Crippen LogP contribution in [0, 0.1) is 5.92 Å². The second-order valence-electron chi connectivity index (χ2n) is 6.56. The van der Waals surface area contributed by atoms with Crippen molar-refractivity contribution in [2.24, 2.45) is 11.0 Å². The summed E-state index contributed by atoms with van der Waals surface area (Å²) >= 11 is 0. The van der Waals surface area contributed by atoms with Crippen molar-refractivity contribution in [2.75, 3.05) is 6.61 Å². The van der Waals surface area contributed by atoms with Crippen LogP contribution in [-0.4, -0.2) is 35.3 Å². The molecule has 0 bridgehead atoms. The van der Waals surface area contributed by atoms with Crippen LogP contribution < -0.4 is 10.1 Å². The van der Waals surface area contributed by atoms with E-state index in [-0.39, 0.29) is 5.91 Å². The zero-order valence-corrected chi connectivity index (χ0v) is 14.1. The maximum absolute atomic E-state index is 12.7. The maximum Gasteiger partial charge on any atom is 0.346 e. The number of nitrogens with zero attached hydrogens (tertiary/aromatic N) is 2. The highest BCUT2D eigenvalue weighted by atomic mass is 16.5. The summed E-state index contributed by atoms with van der Waals surface area (Å²) in [6, 6.07) is 6.91. The molecule has 3 rings (SSSR count). The Morgan fingerprint density at radius 1 is 1.29 bits per heavy atom. The number of urea groups is 1. The molecule has 24 heavy (non-hydrogen) atoms. The largest absolute Gasteiger partial charge is 0.494 e. The average molecular weight is 329 g/mol. The lowest BCUT2D eigenvalue weighted by molar-refractivity contribution is -0.132. The molecule has 1 saturated heterocycles. The van der Waals surface area contributed by atoms with E-state index in [2.05, 4.69) is 17.3 Å². The number of ether oxygens (including phenoxy) is 1. The smallest absolute Gasteiger partial charge is 0.346 e. The highest BCUT2D eigenvalue weighted by Crippen LogP contribution is 2.36. The van der Waals surface area contributed by atoms with E-state index in [1.165, 1.54) is 6.21 Å². The highest BCUT2D eigenvalue weighted by Gasteiger charge is 2.52. The number of hydrogen-bond acceptors (Lipinski definition) is 4. The summed E-state index contributed by atoms with van der Waals surface area (Å²) in [5.41, 5.74) is 0.0528. The number of hydrazone groups is 1. The monoisotopic (exact) mass is 329 g/mol. The SMILES string of the molecule is CCOc1ccc(/C=N\N2C(=O)NC3(CCC(C)CC3)C2=O)cc1. The van der Waals surface area contributed by atoms with Gasteiger partial charge in [0.05, 0.1) is 12.8 Å². The molecule has 1 heterocycles. The summed E-state index contributed by atoms with van der Waals surface area (Å²) in [5.74, 6) is 1.14. The van der Waals surface area contributed by atoms with Crippen LogP contribution in [0.25, 0.3) is 0 Å². The number of rotatable bonds is 4. The number of imide groups is 1. The van der Waals surface area contributed by atoms with Crippen molar-refractivity contribution in [1.29, 1.82) is 0 Å². The topological polar surface area (TPSA) is 71.0 Å². The number of carbonyl (C=O) groups is 2. The van der Waals surface area contributed by atoms with Crippen LogP contribution in [0.3, 0.4) is 0 Å². The minimum atomic E-state index is -0.750. The minimum Gasteiger partial charge on any atom is -0.494 e. The van der Waals surface area contributed by atoms with E-state index in [1.54, 1.807) is 0 Å². The van der Waals surface area contributed by atoms with Gasteiger partial charge in [0, 0.05) is 0 Å². The molecule has 0 radical (unpaired) electrons. The lowest BCUT2D eigenvalue weighted by atomic mass is 9.77. The van der Waals surface area contributed by atoms with E-state index in [9.17, 15) is 9.59 Å². The van der Waals surface area contributed by atoms with Crippen LogP contribution in [0.4, 0.5) is 4.79 Å². The molecule has 2 fully saturated rings. The third kappa shape index (κ3) is 3.13. The first-order valence-electron chi connectivity index (χ1n) is 8.47. The van der Waals surface area contributed by atoms with Crippen LogP contribution in [0.2, 0.25) is 0 Å². The summed E-state index contributed by atoms with van der Waals surface area (Å²) in [4.78, 5) is 24.8. The number of benzene rings is 1. The average Bonchev–Trinajstić information content (AvgIpc) is 2.81. The van der Waals surface area contributed by atoms with Gasteiger partial charge in [-0.05, 0) is 68.4 Å². The Hall–Kier alpha value is -2.37. The van der Waals surface area contributed by atoms with E-state index in [1.807, 2.05) is 31.2 Å². The van der Waals surface area contributed by atoms with Crippen LogP contribution in [0.15, 0.2) is 29.4 Å². The van der Waals surface area contributed by atoms with Gasteiger partial charge in [0.25, 0.3) is 5.91 Å². The third-order valence-corrected chi connectivity index (χ3v) is 4.78. The molecular formula is C18H23N3O3. The Kier molecular flexibility index (Phi) is 4.55. The van der Waals surface area contributed by atoms with E-state index in [0.29, 0.717) is 25.4 Å². The van der Waals surface area contributed by atoms with Crippen molar-refractivity contribution in [2.45, 2.75) is 45.1 Å². The molecule has 1 N–H and O–H groups in total. The van der Waals surface area contributed by atoms with Crippen molar-refractivity contribution in [3.05, 3.63) is 29.8 Å². The first kappa shape index (κ1) is 16.5. The Morgan fingerprint density at radius 3 is 2.58 bits per heavy atom. The normalized spacial score (nSPS) is 27.1. The predicted octanol–water partition coefficient (Wildman–Crippen LogP) is 2.92. The van der Waals surface area contributed by atoms with Crippen molar-refractivity contribution in [3.63, 3.8) is 0 Å². The Balaban J connectivity index is 1.70. The summed E-state index contributed by atoms with van der Waals surface area (Å²) < 4.78 is 5.38. The molecule has 0 atom stereocenters. The van der Waals surface area contributed by atoms with Gasteiger partial charge in [-0.25, -0.2) is 4.79 Å². The summed E-state index contributed by atoms with van der Waals surface area (Å²) in [6.07, 6.45) is 4.80. The molecular weight excluding hydrogens is 306 g/mol. The van der Waals surface area contributed by atoms with Gasteiger partial charge in [0.15, 0.2) is 0 Å². The van der Waals surface area contributed by atoms with Gasteiger partial charge in [-0.15, -0.1) is 5.01 Å². The minimum absolute atomic E-state index is 0.235. The molecule has 1 aliphatic heterocycles. The molecule has 1 aliphatic carbocycles. The highest BCUT2D eigenvalue weighted by molar-refractivity contribution is 6.07. The molecule has 6 heteroatoms. The zero-order valence-electron chi connectivity index (χ0n) is 14.1. The van der Waals surface area contributed by atoms with Gasteiger partial charge < -0.3 is 10.1 Å². The Morgan fingerprint density at radius 2 is 1.96 bits per heavy atom. The fourth-order valence-corrected chi connectivity index (χ4v) is 3.25. The van der Waals surface area contributed by atoms with Gasteiger partial charge in [0.1, 0.15) is 11.3 Å². The predicted molar refractivity (Wildman–Crippen MR) is 90.9 cm³/mol. The van der Waals surface area contributed by atoms with Crippen molar-refractivity contribution in [1.82, 2.24) is 10.3 Å². The van der Waals surface area contributed by atoms with Crippen molar-refractivity contribution in [3.8, 4) is 5.75 Å². The molecule has 1 aromatic carbocycles. The Bertz CT molecular complexity index is 646. The van der Waals surface area contributed by atoms with E-state index >= 15 is 0 Å². The Labute approximate surface area is 141 Å². The molecule has 128 valence electrons. The van der Waals surface area contributed by atoms with E-state index in [4.69, 9.17) is 4.74 Å². The number of carbonyl (C=O) groups excluding carboxylic acids is 2. The van der Waals surface area contributed by atoms with Crippen LogP contribution in [0.5, 0.6) is 5.75 Å². The fourth-order valence-electron chi connectivity index (χ4n) is 3.25. The number of amides is 3. The van der Waals surface area contributed by atoms with Gasteiger partial charge in [-0.3, -0.25) is 4.79 Å². The lowest BCUT2D eigenvalue weighted by Crippen LogP contribution is -2.49. The van der Waals surface area contributed by atoms with Gasteiger partial charge in [-0.1, -0.05) is 6.92 Å². The molecule has 6 nitrogen and oxygen atoms in total. The van der Waals surface area contributed by atoms with Crippen molar-refractivity contribution < 1.29 is 14.3 Å². The number of nitrogens with one attached hydrogen (secondary N) is 1. The van der Waals surface area contributed by atoms with E-state index in [0.717, 1.165) is 29.2 Å². The maximum atomic E-state index is 12.7. The quantitative estimate of drug-likeness (QED) is 0.682. The number of hydrogen-bond donors (Lipinski definition) is 1. The second-order valence-corrected chi connectivity index (χ2v) is 6.56. The molecule has 1 spiro atoms. The zero-order chi connectivity index (χ0) is 17.2.